The summed E-state index contributed by atoms with van der Waals surface area (Å²) in [5, 5.41) is 15.1. The van der Waals surface area contributed by atoms with Gasteiger partial charge in [-0.1, -0.05) is 54.1 Å². The average molecular weight is 542 g/mol. The van der Waals surface area contributed by atoms with Gasteiger partial charge in [-0.2, -0.15) is 0 Å². The molecule has 0 bridgehead atoms. The van der Waals surface area contributed by atoms with Crippen molar-refractivity contribution >= 4 is 23.9 Å². The lowest BCUT2D eigenvalue weighted by Crippen LogP contribution is -2.54. The third-order valence-electron chi connectivity index (χ3n) is 5.81. The Bertz CT molecular complexity index is 1150. The molecule has 10 heteroatoms. The lowest BCUT2D eigenvalue weighted by atomic mass is 9.95. The van der Waals surface area contributed by atoms with Gasteiger partial charge in [-0.3, -0.25) is 14.4 Å². The van der Waals surface area contributed by atoms with E-state index in [1.54, 1.807) is 26.8 Å². The zero-order valence-corrected chi connectivity index (χ0v) is 23.4. The highest BCUT2D eigenvalue weighted by molar-refractivity contribution is 5.93. The summed E-state index contributed by atoms with van der Waals surface area (Å²) in [5.41, 5.74) is 2.18. The van der Waals surface area contributed by atoms with E-state index in [1.165, 1.54) is 12.0 Å². The highest BCUT2D eigenvalue weighted by Crippen LogP contribution is 2.27. The van der Waals surface area contributed by atoms with E-state index in [1.807, 2.05) is 56.3 Å². The van der Waals surface area contributed by atoms with Gasteiger partial charge in [0, 0.05) is 13.0 Å². The summed E-state index contributed by atoms with van der Waals surface area (Å²) in [6, 6.07) is 12.2. The number of hydrogen-bond donors (Lipinski definition) is 3. The topological polar surface area (TPSA) is 134 Å². The van der Waals surface area contributed by atoms with Crippen molar-refractivity contribution in [2.45, 2.75) is 58.7 Å². The molecule has 3 amide bonds. The largest absolute Gasteiger partial charge is 0.468 e. The Hall–Kier alpha value is -3.92. The minimum absolute atomic E-state index is 0.115. The van der Waals surface area contributed by atoms with E-state index >= 15 is 0 Å². The molecular formula is C29H39N3O7. The standard InChI is InChI=1S/C29H39N3O7/c1-19-12-13-22(20(2)16-19)25(26(35)30-18-24(34)38-6)32(14-15-33)27(36)23(17-21-10-8-7-9-11-21)31-28(37)39-29(3,4)5/h7-13,16,23,25,33H,14-15,17-18H2,1-6H3,(H,30,35)(H,31,37). The predicted molar refractivity (Wildman–Crippen MR) is 146 cm³/mol. The van der Waals surface area contributed by atoms with E-state index in [0.717, 1.165) is 16.7 Å². The van der Waals surface area contributed by atoms with Crippen LogP contribution in [-0.2, 0) is 30.3 Å². The highest BCUT2D eigenvalue weighted by Gasteiger charge is 2.37. The molecule has 2 aromatic carbocycles. The number of alkyl carbamates (subject to hydrolysis) is 1. The number of aliphatic hydroxyl groups excluding tert-OH is 1. The number of carbonyl (C=O) groups is 4. The molecule has 212 valence electrons. The minimum atomic E-state index is -1.20. The fourth-order valence-electron chi connectivity index (χ4n) is 4.09. The summed E-state index contributed by atoms with van der Waals surface area (Å²) in [4.78, 5) is 53.3. The van der Waals surface area contributed by atoms with Gasteiger partial charge in [0.15, 0.2) is 0 Å². The third kappa shape index (κ3) is 9.72. The van der Waals surface area contributed by atoms with Crippen molar-refractivity contribution in [1.82, 2.24) is 15.5 Å². The summed E-state index contributed by atoms with van der Waals surface area (Å²) >= 11 is 0. The van der Waals surface area contributed by atoms with E-state index in [2.05, 4.69) is 15.4 Å². The summed E-state index contributed by atoms with van der Waals surface area (Å²) in [6.45, 7) is 7.79. The van der Waals surface area contributed by atoms with Gasteiger partial charge >= 0.3 is 12.1 Å². The third-order valence-corrected chi connectivity index (χ3v) is 5.81. The number of carbonyl (C=O) groups excluding carboxylic acids is 4. The van der Waals surface area contributed by atoms with Crippen LogP contribution in [0.4, 0.5) is 4.79 Å². The van der Waals surface area contributed by atoms with Crippen LogP contribution in [0, 0.1) is 13.8 Å². The SMILES string of the molecule is COC(=O)CNC(=O)C(c1ccc(C)cc1C)N(CCO)C(=O)C(Cc1ccccc1)NC(=O)OC(C)(C)C. The molecule has 0 aliphatic carbocycles. The number of benzene rings is 2. The Morgan fingerprint density at radius 3 is 2.26 bits per heavy atom. The van der Waals surface area contributed by atoms with Gasteiger partial charge in [-0.05, 0) is 51.3 Å². The first-order valence-corrected chi connectivity index (χ1v) is 12.7. The van der Waals surface area contributed by atoms with Crippen molar-refractivity contribution in [3.05, 3.63) is 70.8 Å². The second-order valence-electron chi connectivity index (χ2n) is 10.2. The zero-order valence-electron chi connectivity index (χ0n) is 23.4. The molecule has 2 rings (SSSR count). The fraction of sp³-hybridized carbons (Fsp3) is 0.448. The van der Waals surface area contributed by atoms with E-state index < -0.39 is 54.7 Å². The molecule has 0 saturated carbocycles. The number of methoxy groups -OCH3 is 1. The van der Waals surface area contributed by atoms with Crippen LogP contribution in [-0.4, -0.2) is 72.3 Å². The molecule has 0 aliphatic rings. The molecule has 0 aliphatic heterocycles. The number of esters is 1. The molecule has 0 spiro atoms. The molecule has 0 aromatic heterocycles. The fourth-order valence-corrected chi connectivity index (χ4v) is 4.09. The van der Waals surface area contributed by atoms with Crippen molar-refractivity contribution in [2.24, 2.45) is 0 Å². The molecule has 0 heterocycles. The Labute approximate surface area is 229 Å². The quantitative estimate of drug-likeness (QED) is 0.372. The number of hydrogen-bond acceptors (Lipinski definition) is 7. The second kappa shape index (κ2) is 14.3. The van der Waals surface area contributed by atoms with Crippen molar-refractivity contribution in [3.63, 3.8) is 0 Å². The van der Waals surface area contributed by atoms with Gasteiger partial charge in [0.1, 0.15) is 24.2 Å². The molecule has 2 aromatic rings. The Kier molecular flexibility index (Phi) is 11.5. The molecule has 0 radical (unpaired) electrons. The second-order valence-corrected chi connectivity index (χ2v) is 10.2. The first-order chi connectivity index (χ1) is 18.4. The van der Waals surface area contributed by atoms with Gasteiger partial charge in [-0.15, -0.1) is 0 Å². The first-order valence-electron chi connectivity index (χ1n) is 12.7. The normalized spacial score (nSPS) is 12.6. The van der Waals surface area contributed by atoms with E-state index in [4.69, 9.17) is 4.74 Å². The number of amides is 3. The van der Waals surface area contributed by atoms with Crippen LogP contribution >= 0.6 is 0 Å². The predicted octanol–water partition coefficient (Wildman–Crippen LogP) is 2.59. The van der Waals surface area contributed by atoms with Crippen LogP contribution in [0.5, 0.6) is 0 Å². The lowest BCUT2D eigenvalue weighted by Gasteiger charge is -2.34. The van der Waals surface area contributed by atoms with E-state index in [0.29, 0.717) is 5.56 Å². The Balaban J connectivity index is 2.54. The molecule has 2 unspecified atom stereocenters. The number of nitrogens with one attached hydrogen (secondary N) is 2. The van der Waals surface area contributed by atoms with Crippen molar-refractivity contribution in [2.75, 3.05) is 26.8 Å². The molecule has 3 N–H and O–H groups in total. The van der Waals surface area contributed by atoms with Crippen molar-refractivity contribution in [3.8, 4) is 0 Å². The Morgan fingerprint density at radius 2 is 1.69 bits per heavy atom. The van der Waals surface area contributed by atoms with Gasteiger partial charge in [-0.25, -0.2) is 4.79 Å². The van der Waals surface area contributed by atoms with Crippen LogP contribution in [0.2, 0.25) is 0 Å². The number of aryl methyl sites for hydroxylation is 2. The molecule has 0 fully saturated rings. The van der Waals surface area contributed by atoms with Crippen LogP contribution < -0.4 is 10.6 Å². The highest BCUT2D eigenvalue weighted by atomic mass is 16.6. The van der Waals surface area contributed by atoms with Crippen molar-refractivity contribution in [1.29, 1.82) is 0 Å². The summed E-state index contributed by atoms with van der Waals surface area (Å²) < 4.78 is 10.0. The maximum Gasteiger partial charge on any atom is 0.408 e. The molecule has 39 heavy (non-hydrogen) atoms. The Morgan fingerprint density at radius 1 is 1.03 bits per heavy atom. The van der Waals surface area contributed by atoms with Gasteiger partial charge < -0.3 is 30.1 Å². The maximum absolute atomic E-state index is 14.1. The van der Waals surface area contributed by atoms with E-state index in [-0.39, 0.29) is 13.0 Å². The molecule has 2 atom stereocenters. The van der Waals surface area contributed by atoms with Gasteiger partial charge in [0.05, 0.1) is 13.7 Å². The smallest absolute Gasteiger partial charge is 0.408 e. The van der Waals surface area contributed by atoms with E-state index in [9.17, 15) is 24.3 Å². The van der Waals surface area contributed by atoms with Crippen LogP contribution in [0.1, 0.15) is 49.1 Å². The monoisotopic (exact) mass is 541 g/mol. The zero-order chi connectivity index (χ0) is 29.2. The van der Waals surface area contributed by atoms with Crippen LogP contribution in [0.25, 0.3) is 0 Å². The summed E-state index contributed by atoms with van der Waals surface area (Å²) in [7, 11) is 1.20. The number of nitrogens with zero attached hydrogens (tertiary/aromatic N) is 1. The van der Waals surface area contributed by atoms with Crippen molar-refractivity contribution < 1.29 is 33.8 Å². The summed E-state index contributed by atoms with van der Waals surface area (Å²) in [6.07, 6.45) is -0.677. The maximum atomic E-state index is 14.1. The minimum Gasteiger partial charge on any atom is -0.468 e. The van der Waals surface area contributed by atoms with Crippen LogP contribution in [0.15, 0.2) is 48.5 Å². The molecule has 10 nitrogen and oxygen atoms in total. The van der Waals surface area contributed by atoms with Crippen LogP contribution in [0.3, 0.4) is 0 Å². The number of rotatable bonds is 11. The number of aliphatic hydroxyl groups is 1. The number of ether oxygens (including phenoxy) is 2. The lowest BCUT2D eigenvalue weighted by molar-refractivity contribution is -0.145. The summed E-state index contributed by atoms with van der Waals surface area (Å²) in [5.74, 6) is -1.89. The van der Waals surface area contributed by atoms with Gasteiger partial charge in [0.25, 0.3) is 0 Å². The average Bonchev–Trinajstić information content (AvgIpc) is 2.86. The molecule has 0 saturated heterocycles. The van der Waals surface area contributed by atoms with Gasteiger partial charge in [0.2, 0.25) is 11.8 Å². The first kappa shape index (κ1) is 31.3. The molecular weight excluding hydrogens is 502 g/mol.